The Balaban J connectivity index is 3.22. The molecule has 1 aromatic rings. The Morgan fingerprint density at radius 3 is 2.71 bits per heavy atom. The summed E-state index contributed by atoms with van der Waals surface area (Å²) in [5.41, 5.74) is 5.17. The molecule has 0 spiro atoms. The zero-order chi connectivity index (χ0) is 16.0. The maximum absolute atomic E-state index is 13.3. The number of nitrogens with zero attached hydrogens (tertiary/aromatic N) is 2. The average molecular weight is 380 g/mol. The van der Waals surface area contributed by atoms with Crippen LogP contribution in [0.1, 0.15) is 6.42 Å². The predicted octanol–water partition coefficient (Wildman–Crippen LogP) is 1.72. The molecule has 0 saturated heterocycles. The van der Waals surface area contributed by atoms with Crippen LogP contribution in [0.4, 0.5) is 10.1 Å². The molecule has 9 heteroatoms. The number of ether oxygens (including phenoxy) is 1. The van der Waals surface area contributed by atoms with Crippen molar-refractivity contribution >= 4 is 31.6 Å². The van der Waals surface area contributed by atoms with Crippen molar-refractivity contribution in [3.05, 3.63) is 22.4 Å². The Labute approximate surface area is 131 Å². The van der Waals surface area contributed by atoms with Gasteiger partial charge in [-0.2, -0.15) is 9.57 Å². The minimum atomic E-state index is -3.91. The average Bonchev–Trinajstić information content (AvgIpc) is 2.42. The largest absolute Gasteiger partial charge is 0.396 e. The van der Waals surface area contributed by atoms with Crippen molar-refractivity contribution in [2.24, 2.45) is 0 Å². The summed E-state index contributed by atoms with van der Waals surface area (Å²) in [5.74, 6) is -0.707. The van der Waals surface area contributed by atoms with Gasteiger partial charge in [0.1, 0.15) is 5.82 Å². The van der Waals surface area contributed by atoms with Gasteiger partial charge >= 0.3 is 0 Å². The topological polar surface area (TPSA) is 96.4 Å². The van der Waals surface area contributed by atoms with E-state index in [1.165, 1.54) is 7.11 Å². The molecule has 0 unspecified atom stereocenters. The molecule has 0 bridgehead atoms. The van der Waals surface area contributed by atoms with E-state index in [1.54, 1.807) is 0 Å². The van der Waals surface area contributed by atoms with Gasteiger partial charge in [-0.3, -0.25) is 0 Å². The molecule has 0 amide bonds. The lowest BCUT2D eigenvalue weighted by Gasteiger charge is -2.21. The van der Waals surface area contributed by atoms with Crippen molar-refractivity contribution in [1.29, 1.82) is 5.26 Å². The summed E-state index contributed by atoms with van der Waals surface area (Å²) in [6, 6.07) is 3.95. The normalized spacial score (nSPS) is 11.6. The summed E-state index contributed by atoms with van der Waals surface area (Å²) in [4.78, 5) is -0.143. The molecule has 21 heavy (non-hydrogen) atoms. The van der Waals surface area contributed by atoms with Crippen LogP contribution in [0, 0.1) is 17.1 Å². The highest BCUT2D eigenvalue weighted by Gasteiger charge is 2.27. The summed E-state index contributed by atoms with van der Waals surface area (Å²) in [6.07, 6.45) is 0.0389. The first-order chi connectivity index (χ1) is 9.84. The number of benzene rings is 1. The second kappa shape index (κ2) is 7.70. The van der Waals surface area contributed by atoms with Crippen molar-refractivity contribution in [1.82, 2.24) is 4.31 Å². The van der Waals surface area contributed by atoms with E-state index in [9.17, 15) is 12.8 Å². The first-order valence-corrected chi connectivity index (χ1v) is 8.18. The number of nitriles is 1. The maximum atomic E-state index is 13.3. The molecule has 0 aliphatic carbocycles. The fourth-order valence-electron chi connectivity index (χ4n) is 1.60. The molecule has 0 aliphatic heterocycles. The summed E-state index contributed by atoms with van der Waals surface area (Å²) in [5, 5.41) is 8.63. The van der Waals surface area contributed by atoms with Crippen molar-refractivity contribution < 1.29 is 17.5 Å². The van der Waals surface area contributed by atoms with Gasteiger partial charge in [0.05, 0.1) is 23.3 Å². The van der Waals surface area contributed by atoms with Gasteiger partial charge < -0.3 is 10.5 Å². The third kappa shape index (κ3) is 4.38. The van der Waals surface area contributed by atoms with Crippen LogP contribution < -0.4 is 5.73 Å². The second-order valence-electron chi connectivity index (χ2n) is 4.11. The summed E-state index contributed by atoms with van der Waals surface area (Å²) < 4.78 is 44.5. The highest BCUT2D eigenvalue weighted by molar-refractivity contribution is 9.10. The molecule has 0 saturated carbocycles. The van der Waals surface area contributed by atoms with Gasteiger partial charge in [0.25, 0.3) is 0 Å². The van der Waals surface area contributed by atoms with Gasteiger partial charge in [0.15, 0.2) is 0 Å². The van der Waals surface area contributed by atoms with E-state index in [0.717, 1.165) is 16.4 Å². The van der Waals surface area contributed by atoms with Gasteiger partial charge in [-0.1, -0.05) is 0 Å². The highest BCUT2D eigenvalue weighted by atomic mass is 79.9. The molecule has 2 N–H and O–H groups in total. The number of sulfonamides is 1. The number of nitrogens with two attached hydrogens (primary N) is 1. The minimum absolute atomic E-state index is 0.0198. The molecule has 0 atom stereocenters. The standard InChI is InChI=1S/C12H15BrFN3O3S/c1-20-6-5-17(4-2-3-15)21(18,19)12-8-11(16)10(14)7-9(12)13/h7-8H,2,4-6,16H2,1H3. The lowest BCUT2D eigenvalue weighted by Crippen LogP contribution is -2.35. The monoisotopic (exact) mass is 379 g/mol. The smallest absolute Gasteiger partial charge is 0.244 e. The molecular formula is C12H15BrFN3O3S. The molecule has 0 aliphatic rings. The first kappa shape index (κ1) is 17.8. The van der Waals surface area contributed by atoms with Crippen LogP contribution in [0.5, 0.6) is 0 Å². The maximum Gasteiger partial charge on any atom is 0.244 e. The number of halogens is 2. The number of hydrogen-bond donors (Lipinski definition) is 1. The van der Waals surface area contributed by atoms with E-state index in [-0.39, 0.29) is 41.2 Å². The lowest BCUT2D eigenvalue weighted by molar-refractivity contribution is 0.179. The zero-order valence-corrected chi connectivity index (χ0v) is 13.7. The van der Waals surface area contributed by atoms with E-state index in [1.807, 2.05) is 6.07 Å². The molecule has 1 rings (SSSR count). The number of methoxy groups -OCH3 is 1. The summed E-state index contributed by atoms with van der Waals surface area (Å²) >= 11 is 3.02. The van der Waals surface area contributed by atoms with E-state index in [0.29, 0.717) is 0 Å². The van der Waals surface area contributed by atoms with E-state index in [4.69, 9.17) is 15.7 Å². The fourth-order valence-corrected chi connectivity index (χ4v) is 4.04. The molecule has 0 heterocycles. The molecule has 6 nitrogen and oxygen atoms in total. The Hall–Kier alpha value is -1.21. The van der Waals surface area contributed by atoms with Crippen LogP contribution >= 0.6 is 15.9 Å². The SMILES string of the molecule is COCCN(CCC#N)S(=O)(=O)c1cc(N)c(F)cc1Br. The van der Waals surface area contributed by atoms with E-state index < -0.39 is 15.8 Å². The number of rotatable bonds is 7. The van der Waals surface area contributed by atoms with Crippen LogP contribution in [-0.4, -0.2) is 39.5 Å². The van der Waals surface area contributed by atoms with Crippen molar-refractivity contribution in [3.63, 3.8) is 0 Å². The van der Waals surface area contributed by atoms with Gasteiger partial charge in [0, 0.05) is 31.1 Å². The van der Waals surface area contributed by atoms with Crippen molar-refractivity contribution in [2.45, 2.75) is 11.3 Å². The predicted molar refractivity (Wildman–Crippen MR) is 79.4 cm³/mol. The van der Waals surface area contributed by atoms with Gasteiger partial charge in [-0.15, -0.1) is 0 Å². The Morgan fingerprint density at radius 2 is 2.14 bits per heavy atom. The molecule has 0 aromatic heterocycles. The van der Waals surface area contributed by atoms with Crippen molar-refractivity contribution in [3.8, 4) is 6.07 Å². The molecular weight excluding hydrogens is 365 g/mol. The Kier molecular flexibility index (Phi) is 6.54. The number of anilines is 1. The summed E-state index contributed by atoms with van der Waals surface area (Å²) in [6.45, 7) is 0.287. The van der Waals surface area contributed by atoms with Crippen LogP contribution in [0.25, 0.3) is 0 Å². The molecule has 1 aromatic carbocycles. The minimum Gasteiger partial charge on any atom is -0.396 e. The summed E-state index contributed by atoms with van der Waals surface area (Å²) in [7, 11) is -2.46. The number of nitrogen functional groups attached to an aromatic ring is 1. The highest BCUT2D eigenvalue weighted by Crippen LogP contribution is 2.29. The van der Waals surface area contributed by atoms with Gasteiger partial charge in [-0.25, -0.2) is 12.8 Å². The third-order valence-electron chi connectivity index (χ3n) is 2.69. The van der Waals surface area contributed by atoms with E-state index in [2.05, 4.69) is 15.9 Å². The Bertz CT molecular complexity index is 646. The molecule has 0 fully saturated rings. The van der Waals surface area contributed by atoms with Crippen LogP contribution in [0.3, 0.4) is 0 Å². The van der Waals surface area contributed by atoms with Crippen LogP contribution in [-0.2, 0) is 14.8 Å². The molecule has 116 valence electrons. The quantitative estimate of drug-likeness (QED) is 0.727. The zero-order valence-electron chi connectivity index (χ0n) is 11.3. The lowest BCUT2D eigenvalue weighted by atomic mass is 10.3. The van der Waals surface area contributed by atoms with Crippen LogP contribution in [0.15, 0.2) is 21.5 Å². The third-order valence-corrected chi connectivity index (χ3v) is 5.54. The fraction of sp³-hybridized carbons (Fsp3) is 0.417. The van der Waals surface area contributed by atoms with Gasteiger partial charge in [-0.05, 0) is 28.1 Å². The second-order valence-corrected chi connectivity index (χ2v) is 6.87. The Morgan fingerprint density at radius 1 is 1.48 bits per heavy atom. The van der Waals surface area contributed by atoms with E-state index >= 15 is 0 Å². The van der Waals surface area contributed by atoms with Crippen molar-refractivity contribution in [2.75, 3.05) is 32.5 Å². The molecule has 0 radical (unpaired) electrons. The first-order valence-electron chi connectivity index (χ1n) is 5.95. The van der Waals surface area contributed by atoms with Crippen LogP contribution in [0.2, 0.25) is 0 Å². The van der Waals surface area contributed by atoms with Gasteiger partial charge in [0.2, 0.25) is 10.0 Å². The number of hydrogen-bond acceptors (Lipinski definition) is 5.